The third kappa shape index (κ3) is 4.02. The van der Waals surface area contributed by atoms with E-state index < -0.39 is 0 Å². The molecule has 0 aliphatic carbocycles. The molecule has 2 spiro atoms. The Kier molecular flexibility index (Phi) is 6.53. The second-order valence-electron chi connectivity index (χ2n) is 10.5. The molecule has 3 aliphatic rings. The average molecular weight is 441 g/mol. The molecule has 0 aromatic heterocycles. The zero-order chi connectivity index (χ0) is 22.9. The predicted molar refractivity (Wildman–Crippen MR) is 129 cm³/mol. The Balaban J connectivity index is 1.46. The van der Waals surface area contributed by atoms with Crippen LogP contribution in [0.3, 0.4) is 0 Å². The fourth-order valence-corrected chi connectivity index (χ4v) is 6.41. The number of urea groups is 1. The number of nitrogens with zero attached hydrogens (tertiary/aromatic N) is 3. The summed E-state index contributed by atoms with van der Waals surface area (Å²) in [5, 5.41) is 3.06. The Morgan fingerprint density at radius 1 is 1.03 bits per heavy atom. The number of amides is 3. The molecule has 3 aliphatic heterocycles. The molecule has 0 radical (unpaired) electrons. The Morgan fingerprint density at radius 2 is 1.72 bits per heavy atom. The zero-order valence-electron chi connectivity index (χ0n) is 20.3. The summed E-state index contributed by atoms with van der Waals surface area (Å²) >= 11 is 0. The molecule has 3 amide bonds. The van der Waals surface area contributed by atoms with Crippen LogP contribution in [0.5, 0.6) is 0 Å². The minimum Gasteiger partial charge on any atom is -0.342 e. The molecule has 3 saturated heterocycles. The van der Waals surface area contributed by atoms with Crippen LogP contribution in [0, 0.1) is 16.7 Å². The number of nitrogens with one attached hydrogen (secondary N) is 1. The van der Waals surface area contributed by atoms with Crippen LogP contribution in [0.25, 0.3) is 0 Å². The standard InChI is InChI=1S/C26H40N4O2/c1-5-21-7-9-22(10-8-21)27-24(32)30-14-11-25(12-15-30)18-28(17-20(3)4)19-26(25)13-16-29(6-2)23(26)31/h7-10,20H,5-6,11-19H2,1-4H3,(H,27,32)/t26-/m1/s1. The van der Waals surface area contributed by atoms with Crippen molar-refractivity contribution in [3.8, 4) is 0 Å². The van der Waals surface area contributed by atoms with Crippen LogP contribution in [0.1, 0.15) is 52.5 Å². The van der Waals surface area contributed by atoms with Crippen molar-refractivity contribution < 1.29 is 9.59 Å². The van der Waals surface area contributed by atoms with Gasteiger partial charge in [0.25, 0.3) is 0 Å². The lowest BCUT2D eigenvalue weighted by Gasteiger charge is -2.47. The van der Waals surface area contributed by atoms with Crippen LogP contribution in [0.15, 0.2) is 24.3 Å². The van der Waals surface area contributed by atoms with Crippen LogP contribution in [-0.4, -0.2) is 72.5 Å². The first kappa shape index (κ1) is 23.1. The average Bonchev–Trinajstić information content (AvgIpc) is 3.25. The molecule has 32 heavy (non-hydrogen) atoms. The van der Waals surface area contributed by atoms with E-state index in [4.69, 9.17) is 0 Å². The molecule has 6 heteroatoms. The molecule has 0 bridgehead atoms. The SMILES string of the molecule is CCc1ccc(NC(=O)N2CCC3(CC2)CN(CC(C)C)C[C@@]32CCN(CC)C2=O)cc1. The summed E-state index contributed by atoms with van der Waals surface area (Å²) in [6, 6.07) is 8.07. The maximum Gasteiger partial charge on any atom is 0.321 e. The first-order valence-corrected chi connectivity index (χ1v) is 12.5. The number of anilines is 1. The number of aryl methyl sites for hydroxylation is 1. The number of piperidine rings is 1. The molecule has 0 saturated carbocycles. The summed E-state index contributed by atoms with van der Waals surface area (Å²) < 4.78 is 0. The number of likely N-dealkylation sites (tertiary alicyclic amines) is 3. The predicted octanol–water partition coefficient (Wildman–Crippen LogP) is 4.07. The zero-order valence-corrected chi connectivity index (χ0v) is 20.3. The fourth-order valence-electron chi connectivity index (χ4n) is 6.41. The van der Waals surface area contributed by atoms with Crippen molar-refractivity contribution in [1.29, 1.82) is 0 Å². The summed E-state index contributed by atoms with van der Waals surface area (Å²) in [5.74, 6) is 0.950. The van der Waals surface area contributed by atoms with Crippen LogP contribution in [0.2, 0.25) is 0 Å². The van der Waals surface area contributed by atoms with Gasteiger partial charge in [-0.2, -0.15) is 0 Å². The second-order valence-corrected chi connectivity index (χ2v) is 10.5. The summed E-state index contributed by atoms with van der Waals surface area (Å²) in [6.07, 6.45) is 3.77. The second kappa shape index (κ2) is 9.05. The topological polar surface area (TPSA) is 55.9 Å². The molecule has 3 fully saturated rings. The number of benzene rings is 1. The van der Waals surface area contributed by atoms with E-state index >= 15 is 0 Å². The minimum atomic E-state index is -0.267. The number of rotatable bonds is 5. The number of hydrogen-bond acceptors (Lipinski definition) is 3. The van der Waals surface area contributed by atoms with Gasteiger partial charge in [-0.05, 0) is 56.2 Å². The highest BCUT2D eigenvalue weighted by Gasteiger charge is 2.64. The maximum absolute atomic E-state index is 13.6. The van der Waals surface area contributed by atoms with Gasteiger partial charge in [0.2, 0.25) is 5.91 Å². The lowest BCUT2D eigenvalue weighted by atomic mass is 9.60. The molecule has 4 rings (SSSR count). The van der Waals surface area contributed by atoms with Gasteiger partial charge in [-0.15, -0.1) is 0 Å². The Hall–Kier alpha value is -2.08. The highest BCUT2D eigenvalue weighted by molar-refractivity contribution is 5.90. The fraction of sp³-hybridized carbons (Fsp3) is 0.692. The van der Waals surface area contributed by atoms with Gasteiger partial charge in [0.05, 0.1) is 5.41 Å². The van der Waals surface area contributed by atoms with Gasteiger partial charge in [0.1, 0.15) is 0 Å². The maximum atomic E-state index is 13.6. The normalized spacial score (nSPS) is 25.5. The first-order chi connectivity index (χ1) is 15.3. The molecule has 6 nitrogen and oxygen atoms in total. The number of hydrogen-bond donors (Lipinski definition) is 1. The van der Waals surface area contributed by atoms with Gasteiger partial charge in [0, 0.05) is 56.9 Å². The van der Waals surface area contributed by atoms with Crippen molar-refractivity contribution in [3.63, 3.8) is 0 Å². The molecule has 3 heterocycles. The van der Waals surface area contributed by atoms with Crippen molar-refractivity contribution in [3.05, 3.63) is 29.8 Å². The third-order valence-electron chi connectivity index (χ3n) is 8.17. The van der Waals surface area contributed by atoms with Crippen molar-refractivity contribution in [1.82, 2.24) is 14.7 Å². The highest BCUT2D eigenvalue weighted by Crippen LogP contribution is 2.57. The summed E-state index contributed by atoms with van der Waals surface area (Å²) in [4.78, 5) is 33.0. The van der Waals surface area contributed by atoms with E-state index in [1.165, 1.54) is 5.56 Å². The monoisotopic (exact) mass is 440 g/mol. The van der Waals surface area contributed by atoms with Gasteiger partial charge >= 0.3 is 6.03 Å². The Bertz CT molecular complexity index is 829. The molecule has 0 unspecified atom stereocenters. The molecule has 176 valence electrons. The quantitative estimate of drug-likeness (QED) is 0.751. The number of carbonyl (C=O) groups excluding carboxylic acids is 2. The van der Waals surface area contributed by atoms with Crippen molar-refractivity contribution in [2.24, 2.45) is 16.7 Å². The van der Waals surface area contributed by atoms with Crippen LogP contribution < -0.4 is 5.32 Å². The minimum absolute atomic E-state index is 0.0115. The van der Waals surface area contributed by atoms with E-state index in [-0.39, 0.29) is 16.9 Å². The molecular weight excluding hydrogens is 400 g/mol. The van der Waals surface area contributed by atoms with E-state index in [1.807, 2.05) is 17.0 Å². The van der Waals surface area contributed by atoms with Crippen LogP contribution in [-0.2, 0) is 11.2 Å². The third-order valence-corrected chi connectivity index (χ3v) is 8.17. The van der Waals surface area contributed by atoms with Crippen LogP contribution in [0.4, 0.5) is 10.5 Å². The van der Waals surface area contributed by atoms with Crippen LogP contribution >= 0.6 is 0 Å². The van der Waals surface area contributed by atoms with Gasteiger partial charge in [-0.3, -0.25) is 4.79 Å². The molecule has 1 N–H and O–H groups in total. The van der Waals surface area contributed by atoms with Gasteiger partial charge in [0.15, 0.2) is 0 Å². The summed E-state index contributed by atoms with van der Waals surface area (Å²) in [5.41, 5.74) is 1.83. The van der Waals surface area contributed by atoms with E-state index in [1.54, 1.807) is 0 Å². The van der Waals surface area contributed by atoms with Gasteiger partial charge in [-0.25, -0.2) is 4.79 Å². The number of fused-ring (bicyclic) bond motifs is 1. The highest BCUT2D eigenvalue weighted by atomic mass is 16.2. The largest absolute Gasteiger partial charge is 0.342 e. The van der Waals surface area contributed by atoms with Crippen molar-refractivity contribution in [2.45, 2.75) is 53.4 Å². The molecule has 1 aromatic carbocycles. The first-order valence-electron chi connectivity index (χ1n) is 12.5. The molecule has 1 atom stereocenters. The molecule has 1 aromatic rings. The summed E-state index contributed by atoms with van der Waals surface area (Å²) in [7, 11) is 0. The van der Waals surface area contributed by atoms with E-state index in [0.29, 0.717) is 11.8 Å². The van der Waals surface area contributed by atoms with Gasteiger partial charge in [-0.1, -0.05) is 32.9 Å². The van der Waals surface area contributed by atoms with E-state index in [0.717, 1.165) is 77.2 Å². The van der Waals surface area contributed by atoms with Gasteiger partial charge < -0.3 is 20.0 Å². The Morgan fingerprint density at radius 3 is 2.28 bits per heavy atom. The molecular formula is C26H40N4O2. The lowest BCUT2D eigenvalue weighted by Crippen LogP contribution is -2.54. The Labute approximate surface area is 193 Å². The van der Waals surface area contributed by atoms with E-state index in [9.17, 15) is 9.59 Å². The van der Waals surface area contributed by atoms with Crippen molar-refractivity contribution >= 4 is 17.6 Å². The smallest absolute Gasteiger partial charge is 0.321 e. The number of carbonyl (C=O) groups is 2. The summed E-state index contributed by atoms with van der Waals surface area (Å²) in [6.45, 7) is 14.8. The van der Waals surface area contributed by atoms with E-state index in [2.05, 4.69) is 54.9 Å². The lowest BCUT2D eigenvalue weighted by molar-refractivity contribution is -0.141. The van der Waals surface area contributed by atoms with Crippen molar-refractivity contribution in [2.75, 3.05) is 51.1 Å².